The lowest BCUT2D eigenvalue weighted by Crippen LogP contribution is -2.61. The van der Waals surface area contributed by atoms with E-state index in [0.717, 1.165) is 5.56 Å². The van der Waals surface area contributed by atoms with Crippen molar-refractivity contribution in [3.05, 3.63) is 24.2 Å². The van der Waals surface area contributed by atoms with Crippen molar-refractivity contribution in [1.29, 1.82) is 0 Å². The molecule has 1 fully saturated rings. The second-order valence-corrected chi connectivity index (χ2v) is 4.25. The molecule has 1 aromatic rings. The molecule has 2 amide bonds. The number of hydrogen-bond donors (Lipinski definition) is 1. The zero-order valence-corrected chi connectivity index (χ0v) is 9.97. The van der Waals surface area contributed by atoms with Gasteiger partial charge in [-0.2, -0.15) is 0 Å². The van der Waals surface area contributed by atoms with Crippen molar-refractivity contribution in [3.8, 4) is 0 Å². The number of rotatable bonds is 3. The summed E-state index contributed by atoms with van der Waals surface area (Å²) >= 11 is 0. The second-order valence-electron chi connectivity index (χ2n) is 4.25. The fourth-order valence-corrected chi connectivity index (χ4v) is 2.09. The molecule has 92 valence electrons. The minimum absolute atomic E-state index is 0.0438. The Kier molecular flexibility index (Phi) is 3.17. The van der Waals surface area contributed by atoms with Gasteiger partial charge in [-0.05, 0) is 19.4 Å². The summed E-state index contributed by atoms with van der Waals surface area (Å²) in [5, 5.41) is 2.69. The van der Waals surface area contributed by atoms with Crippen LogP contribution >= 0.6 is 0 Å². The maximum Gasteiger partial charge on any atom is 0.245 e. The van der Waals surface area contributed by atoms with Gasteiger partial charge in [-0.25, -0.2) is 0 Å². The van der Waals surface area contributed by atoms with Gasteiger partial charge in [0.25, 0.3) is 0 Å². The highest BCUT2D eigenvalue weighted by molar-refractivity contribution is 5.96. The highest BCUT2D eigenvalue weighted by atomic mass is 16.3. The molecule has 0 spiro atoms. The molecular weight excluding hydrogens is 220 g/mol. The minimum atomic E-state index is -0.447. The highest BCUT2D eigenvalue weighted by Crippen LogP contribution is 2.17. The maximum absolute atomic E-state index is 12.0. The van der Waals surface area contributed by atoms with Crippen LogP contribution in [0.4, 0.5) is 0 Å². The van der Waals surface area contributed by atoms with E-state index in [2.05, 4.69) is 5.32 Å². The summed E-state index contributed by atoms with van der Waals surface area (Å²) in [7, 11) is 0. The Hall–Kier alpha value is -1.78. The molecule has 2 unspecified atom stereocenters. The molecule has 0 aromatic carbocycles. The first-order chi connectivity index (χ1) is 8.13. The molecule has 0 saturated carbocycles. The van der Waals surface area contributed by atoms with Crippen LogP contribution in [0.1, 0.15) is 25.8 Å². The predicted octanol–water partition coefficient (Wildman–Crippen LogP) is 0.905. The monoisotopic (exact) mass is 236 g/mol. The van der Waals surface area contributed by atoms with Crippen LogP contribution in [0, 0.1) is 0 Å². The Morgan fingerprint density at radius 2 is 2.24 bits per heavy atom. The van der Waals surface area contributed by atoms with E-state index in [0.29, 0.717) is 13.0 Å². The SMILES string of the molecule is CCC1C(=O)NC(C)C(=O)N1Cc1ccoc1. The standard InChI is InChI=1S/C12H16N2O3/c1-3-10-11(15)13-8(2)12(16)14(10)6-9-4-5-17-7-9/h4-5,7-8,10H,3,6H2,1-2H3,(H,13,15). The van der Waals surface area contributed by atoms with Gasteiger partial charge in [-0.15, -0.1) is 0 Å². The van der Waals surface area contributed by atoms with Gasteiger partial charge in [-0.1, -0.05) is 6.92 Å². The van der Waals surface area contributed by atoms with Gasteiger partial charge in [-0.3, -0.25) is 9.59 Å². The molecule has 1 aliphatic rings. The van der Waals surface area contributed by atoms with E-state index in [1.165, 1.54) is 0 Å². The number of furan rings is 1. The molecule has 5 heteroatoms. The summed E-state index contributed by atoms with van der Waals surface area (Å²) in [6, 6.07) is 0.975. The van der Waals surface area contributed by atoms with Gasteiger partial charge in [0.1, 0.15) is 12.1 Å². The lowest BCUT2D eigenvalue weighted by Gasteiger charge is -2.37. The Morgan fingerprint density at radius 1 is 1.47 bits per heavy atom. The third-order valence-corrected chi connectivity index (χ3v) is 3.01. The molecule has 0 aliphatic carbocycles. The average molecular weight is 236 g/mol. The van der Waals surface area contributed by atoms with Gasteiger partial charge < -0.3 is 14.6 Å². The fourth-order valence-electron chi connectivity index (χ4n) is 2.09. The summed E-state index contributed by atoms with van der Waals surface area (Å²) < 4.78 is 4.98. The normalized spacial score (nSPS) is 24.9. The zero-order chi connectivity index (χ0) is 12.4. The van der Waals surface area contributed by atoms with Crippen LogP contribution in [0.3, 0.4) is 0 Å². The lowest BCUT2D eigenvalue weighted by atomic mass is 10.1. The highest BCUT2D eigenvalue weighted by Gasteiger charge is 2.37. The van der Waals surface area contributed by atoms with Crippen molar-refractivity contribution in [2.45, 2.75) is 38.9 Å². The number of carbonyl (C=O) groups is 2. The predicted molar refractivity (Wildman–Crippen MR) is 60.9 cm³/mol. The summed E-state index contributed by atoms with van der Waals surface area (Å²) in [4.78, 5) is 25.5. The first kappa shape index (κ1) is 11.7. The van der Waals surface area contributed by atoms with Gasteiger partial charge in [0.15, 0.2) is 0 Å². The maximum atomic E-state index is 12.0. The molecule has 1 N–H and O–H groups in total. The van der Waals surface area contributed by atoms with Gasteiger partial charge in [0.2, 0.25) is 11.8 Å². The minimum Gasteiger partial charge on any atom is -0.472 e. The number of piperazine rings is 1. The molecule has 1 aromatic heterocycles. The topological polar surface area (TPSA) is 62.6 Å². The fraction of sp³-hybridized carbons (Fsp3) is 0.500. The molecule has 5 nitrogen and oxygen atoms in total. The molecule has 1 aliphatic heterocycles. The van der Waals surface area contributed by atoms with Crippen LogP contribution in [0.25, 0.3) is 0 Å². The Bertz CT molecular complexity index is 413. The Labute approximate surface area is 99.8 Å². The van der Waals surface area contributed by atoms with Gasteiger partial charge in [0.05, 0.1) is 12.5 Å². The molecule has 2 rings (SSSR count). The Morgan fingerprint density at radius 3 is 2.82 bits per heavy atom. The van der Waals surface area contributed by atoms with E-state index in [-0.39, 0.29) is 17.9 Å². The van der Waals surface area contributed by atoms with Crippen LogP contribution in [-0.4, -0.2) is 28.8 Å². The van der Waals surface area contributed by atoms with Crippen LogP contribution in [-0.2, 0) is 16.1 Å². The summed E-state index contributed by atoms with van der Waals surface area (Å²) in [5.74, 6) is -0.124. The number of carbonyl (C=O) groups excluding carboxylic acids is 2. The summed E-state index contributed by atoms with van der Waals surface area (Å²) in [6.07, 6.45) is 3.77. The van der Waals surface area contributed by atoms with E-state index in [1.807, 2.05) is 6.92 Å². The van der Waals surface area contributed by atoms with Crippen molar-refractivity contribution in [2.75, 3.05) is 0 Å². The summed E-state index contributed by atoms with van der Waals surface area (Å²) in [6.45, 7) is 4.02. The Balaban J connectivity index is 2.20. The van der Waals surface area contributed by atoms with Crippen molar-refractivity contribution in [2.24, 2.45) is 0 Å². The molecule has 17 heavy (non-hydrogen) atoms. The third-order valence-electron chi connectivity index (χ3n) is 3.01. The molecular formula is C12H16N2O3. The molecule has 2 heterocycles. The van der Waals surface area contributed by atoms with Crippen LogP contribution in [0.5, 0.6) is 0 Å². The zero-order valence-electron chi connectivity index (χ0n) is 9.97. The smallest absolute Gasteiger partial charge is 0.245 e. The van der Waals surface area contributed by atoms with Gasteiger partial charge in [0, 0.05) is 12.1 Å². The third kappa shape index (κ3) is 2.18. The average Bonchev–Trinajstić information content (AvgIpc) is 2.78. The molecule has 1 saturated heterocycles. The van der Waals surface area contributed by atoms with Crippen molar-refractivity contribution >= 4 is 11.8 Å². The van der Waals surface area contributed by atoms with E-state index in [1.54, 1.807) is 30.4 Å². The number of hydrogen-bond acceptors (Lipinski definition) is 3. The summed E-state index contributed by atoms with van der Waals surface area (Å²) in [5.41, 5.74) is 0.902. The van der Waals surface area contributed by atoms with Crippen molar-refractivity contribution < 1.29 is 14.0 Å². The quantitative estimate of drug-likeness (QED) is 0.848. The van der Waals surface area contributed by atoms with Crippen molar-refractivity contribution in [3.63, 3.8) is 0 Å². The number of nitrogens with one attached hydrogen (secondary N) is 1. The first-order valence-electron chi connectivity index (χ1n) is 5.75. The lowest BCUT2D eigenvalue weighted by molar-refractivity contribution is -0.149. The van der Waals surface area contributed by atoms with E-state index < -0.39 is 6.04 Å². The van der Waals surface area contributed by atoms with E-state index in [4.69, 9.17) is 4.42 Å². The van der Waals surface area contributed by atoms with Gasteiger partial charge >= 0.3 is 0 Å². The number of nitrogens with zero attached hydrogens (tertiary/aromatic N) is 1. The van der Waals surface area contributed by atoms with Crippen LogP contribution in [0.2, 0.25) is 0 Å². The first-order valence-corrected chi connectivity index (χ1v) is 5.75. The van der Waals surface area contributed by atoms with Crippen LogP contribution < -0.4 is 5.32 Å². The van der Waals surface area contributed by atoms with E-state index in [9.17, 15) is 9.59 Å². The molecule has 0 bridgehead atoms. The van der Waals surface area contributed by atoms with E-state index >= 15 is 0 Å². The molecule has 0 radical (unpaired) electrons. The molecule has 2 atom stereocenters. The largest absolute Gasteiger partial charge is 0.472 e. The second kappa shape index (κ2) is 4.61. The van der Waals surface area contributed by atoms with Crippen molar-refractivity contribution in [1.82, 2.24) is 10.2 Å². The number of amides is 2. The van der Waals surface area contributed by atoms with Crippen LogP contribution in [0.15, 0.2) is 23.0 Å².